The van der Waals surface area contributed by atoms with Gasteiger partial charge in [-0.05, 0) is 18.6 Å². The van der Waals surface area contributed by atoms with Crippen molar-refractivity contribution in [2.75, 3.05) is 33.9 Å². The van der Waals surface area contributed by atoms with Gasteiger partial charge in [-0.15, -0.1) is 24.0 Å². The average Bonchev–Trinajstić information content (AvgIpc) is 3.01. The molecule has 1 aliphatic rings. The molecule has 2 aromatic rings. The van der Waals surface area contributed by atoms with E-state index in [-0.39, 0.29) is 42.5 Å². The predicted octanol–water partition coefficient (Wildman–Crippen LogP) is 3.35. The first-order valence-corrected chi connectivity index (χ1v) is 10.2. The van der Waals surface area contributed by atoms with Crippen LogP contribution in [0.15, 0.2) is 53.5 Å². The van der Waals surface area contributed by atoms with Crippen molar-refractivity contribution in [3.63, 3.8) is 0 Å². The van der Waals surface area contributed by atoms with E-state index in [2.05, 4.69) is 29.7 Å². The van der Waals surface area contributed by atoms with Gasteiger partial charge in [0.05, 0.1) is 32.3 Å². The Labute approximate surface area is 201 Å². The number of ether oxygens (including phenoxy) is 2. The van der Waals surface area contributed by atoms with Crippen LogP contribution in [0.1, 0.15) is 30.5 Å². The molecule has 1 atom stereocenters. The Balaban J connectivity index is 0.00000341. The summed E-state index contributed by atoms with van der Waals surface area (Å²) in [5, 5.41) is 6.53. The molecular formula is C23H31IN4O3. The summed E-state index contributed by atoms with van der Waals surface area (Å²) in [5.74, 6) is 2.04. The Morgan fingerprint density at radius 3 is 2.58 bits per heavy atom. The standard InChI is InChI=1S/C23H30N4O3.HI/c1-17(18-9-5-4-6-10-18)26-23(25-16-21(28)27(2)3)24-15-19-11-7-12-20-22(19)30-14-8-13-29-20;/h4-7,9-12,17H,8,13-16H2,1-3H3,(H2,24,25,26);1H. The molecule has 2 aromatic carbocycles. The summed E-state index contributed by atoms with van der Waals surface area (Å²) in [6.07, 6.45) is 0.854. The molecule has 0 fully saturated rings. The lowest BCUT2D eigenvalue weighted by atomic mass is 10.1. The number of amides is 1. The topological polar surface area (TPSA) is 75.2 Å². The van der Waals surface area contributed by atoms with Crippen LogP contribution in [0.2, 0.25) is 0 Å². The van der Waals surface area contributed by atoms with E-state index in [1.807, 2.05) is 36.4 Å². The molecule has 1 aliphatic heterocycles. The summed E-state index contributed by atoms with van der Waals surface area (Å²) in [6, 6.07) is 16.0. The number of aliphatic imine (C=N–C) groups is 1. The second-order valence-electron chi connectivity index (χ2n) is 7.38. The van der Waals surface area contributed by atoms with Gasteiger partial charge in [0.2, 0.25) is 5.91 Å². The number of hydrogen-bond donors (Lipinski definition) is 2. The van der Waals surface area contributed by atoms with Crippen LogP contribution in [-0.4, -0.2) is 50.6 Å². The van der Waals surface area contributed by atoms with Crippen molar-refractivity contribution in [1.29, 1.82) is 0 Å². The summed E-state index contributed by atoms with van der Waals surface area (Å²) in [6.45, 7) is 3.90. The molecule has 1 amide bonds. The summed E-state index contributed by atoms with van der Waals surface area (Å²) in [7, 11) is 3.47. The van der Waals surface area contributed by atoms with Crippen LogP contribution in [0.4, 0.5) is 0 Å². The molecule has 7 nitrogen and oxygen atoms in total. The number of halogens is 1. The monoisotopic (exact) mass is 538 g/mol. The largest absolute Gasteiger partial charge is 0.490 e. The summed E-state index contributed by atoms with van der Waals surface area (Å²) >= 11 is 0. The Bertz CT molecular complexity index is 874. The Morgan fingerprint density at radius 1 is 1.10 bits per heavy atom. The lowest BCUT2D eigenvalue weighted by Crippen LogP contribution is -2.43. The van der Waals surface area contributed by atoms with Crippen molar-refractivity contribution in [2.45, 2.75) is 25.9 Å². The maximum Gasteiger partial charge on any atom is 0.241 e. The van der Waals surface area contributed by atoms with Gasteiger partial charge in [-0.1, -0.05) is 42.5 Å². The Kier molecular flexibility index (Phi) is 9.90. The maximum absolute atomic E-state index is 12.1. The number of likely N-dealkylation sites (N-methyl/N-ethyl adjacent to an activating group) is 1. The van der Waals surface area contributed by atoms with Crippen molar-refractivity contribution in [3.8, 4) is 11.5 Å². The van der Waals surface area contributed by atoms with Gasteiger partial charge in [0, 0.05) is 26.1 Å². The average molecular weight is 538 g/mol. The molecule has 0 saturated heterocycles. The minimum absolute atomic E-state index is 0. The number of rotatable bonds is 6. The molecule has 0 bridgehead atoms. The highest BCUT2D eigenvalue weighted by Crippen LogP contribution is 2.33. The minimum atomic E-state index is -0.0258. The second-order valence-corrected chi connectivity index (χ2v) is 7.38. The summed E-state index contributed by atoms with van der Waals surface area (Å²) < 4.78 is 11.7. The fourth-order valence-electron chi connectivity index (χ4n) is 3.04. The lowest BCUT2D eigenvalue weighted by molar-refractivity contribution is -0.127. The van der Waals surface area contributed by atoms with Gasteiger partial charge >= 0.3 is 0 Å². The maximum atomic E-state index is 12.1. The Morgan fingerprint density at radius 2 is 1.84 bits per heavy atom. The lowest BCUT2D eigenvalue weighted by Gasteiger charge is -2.20. The molecule has 1 heterocycles. The van der Waals surface area contributed by atoms with Crippen LogP contribution in [0.25, 0.3) is 0 Å². The first-order valence-electron chi connectivity index (χ1n) is 10.2. The quantitative estimate of drug-likeness (QED) is 0.336. The van der Waals surface area contributed by atoms with Crippen molar-refractivity contribution in [3.05, 3.63) is 59.7 Å². The molecule has 2 N–H and O–H groups in total. The number of carbonyl (C=O) groups excluding carboxylic acids is 1. The molecule has 0 radical (unpaired) electrons. The highest BCUT2D eigenvalue weighted by Gasteiger charge is 2.15. The number of guanidine groups is 1. The van der Waals surface area contributed by atoms with Crippen LogP contribution in [-0.2, 0) is 11.3 Å². The number of nitrogens with one attached hydrogen (secondary N) is 2. The van der Waals surface area contributed by atoms with Gasteiger partial charge in [0.15, 0.2) is 17.5 Å². The normalized spacial score (nSPS) is 14.0. The SMILES string of the molecule is CC(NC(=NCc1cccc2c1OCCCO2)NCC(=O)N(C)C)c1ccccc1.I. The van der Waals surface area contributed by atoms with E-state index in [1.165, 1.54) is 0 Å². The zero-order valence-corrected chi connectivity index (χ0v) is 20.6. The highest BCUT2D eigenvalue weighted by atomic mass is 127. The zero-order chi connectivity index (χ0) is 21.3. The second kappa shape index (κ2) is 12.4. The zero-order valence-electron chi connectivity index (χ0n) is 18.3. The van der Waals surface area contributed by atoms with Crippen molar-refractivity contribution >= 4 is 35.8 Å². The van der Waals surface area contributed by atoms with Crippen molar-refractivity contribution in [2.24, 2.45) is 4.99 Å². The van der Waals surface area contributed by atoms with Crippen LogP contribution in [0.5, 0.6) is 11.5 Å². The molecule has 168 valence electrons. The molecule has 0 spiro atoms. The van der Waals surface area contributed by atoms with Crippen molar-refractivity contribution in [1.82, 2.24) is 15.5 Å². The van der Waals surface area contributed by atoms with Crippen LogP contribution >= 0.6 is 24.0 Å². The predicted molar refractivity (Wildman–Crippen MR) is 133 cm³/mol. The summed E-state index contributed by atoms with van der Waals surface area (Å²) in [4.78, 5) is 18.3. The van der Waals surface area contributed by atoms with E-state index in [0.717, 1.165) is 29.0 Å². The third-order valence-electron chi connectivity index (χ3n) is 4.82. The van der Waals surface area contributed by atoms with E-state index in [0.29, 0.717) is 25.7 Å². The van der Waals surface area contributed by atoms with E-state index < -0.39 is 0 Å². The van der Waals surface area contributed by atoms with Gasteiger partial charge in [0.25, 0.3) is 0 Å². The van der Waals surface area contributed by atoms with Gasteiger partial charge in [-0.25, -0.2) is 4.99 Å². The summed E-state index contributed by atoms with van der Waals surface area (Å²) in [5.41, 5.74) is 2.08. The smallest absolute Gasteiger partial charge is 0.241 e. The molecule has 3 rings (SSSR count). The number of carbonyl (C=O) groups is 1. The molecule has 31 heavy (non-hydrogen) atoms. The third kappa shape index (κ3) is 7.30. The van der Waals surface area contributed by atoms with Gasteiger partial charge in [0.1, 0.15) is 0 Å². The molecule has 0 aromatic heterocycles. The molecule has 1 unspecified atom stereocenters. The van der Waals surface area contributed by atoms with E-state index in [1.54, 1.807) is 19.0 Å². The number of benzene rings is 2. The van der Waals surface area contributed by atoms with E-state index >= 15 is 0 Å². The third-order valence-corrected chi connectivity index (χ3v) is 4.82. The first kappa shape index (κ1) is 24.8. The van der Waals surface area contributed by atoms with E-state index in [9.17, 15) is 4.79 Å². The van der Waals surface area contributed by atoms with Crippen molar-refractivity contribution < 1.29 is 14.3 Å². The molecule has 0 aliphatic carbocycles. The van der Waals surface area contributed by atoms with Gasteiger partial charge < -0.3 is 25.0 Å². The number of nitrogens with zero attached hydrogens (tertiary/aromatic N) is 2. The van der Waals surface area contributed by atoms with Crippen LogP contribution in [0, 0.1) is 0 Å². The fourth-order valence-corrected chi connectivity index (χ4v) is 3.04. The van der Waals surface area contributed by atoms with Gasteiger partial charge in [-0.3, -0.25) is 4.79 Å². The number of fused-ring (bicyclic) bond motifs is 1. The minimum Gasteiger partial charge on any atom is -0.490 e. The molecular weight excluding hydrogens is 507 g/mol. The number of para-hydroxylation sites is 1. The Hall–Kier alpha value is -2.49. The molecule has 8 heteroatoms. The first-order chi connectivity index (χ1) is 14.5. The van der Waals surface area contributed by atoms with Crippen LogP contribution in [0.3, 0.4) is 0 Å². The van der Waals surface area contributed by atoms with E-state index in [4.69, 9.17) is 14.5 Å². The van der Waals surface area contributed by atoms with Gasteiger partial charge in [-0.2, -0.15) is 0 Å². The fraction of sp³-hybridized carbons (Fsp3) is 0.391. The molecule has 0 saturated carbocycles. The van der Waals surface area contributed by atoms with Crippen LogP contribution < -0.4 is 20.1 Å². The number of hydrogen-bond acceptors (Lipinski definition) is 4. The highest BCUT2D eigenvalue weighted by molar-refractivity contribution is 14.0.